The lowest BCUT2D eigenvalue weighted by atomic mass is 10.1. The first-order valence-electron chi connectivity index (χ1n) is 5.98. The van der Waals surface area contributed by atoms with Crippen LogP contribution in [0, 0.1) is 6.92 Å². The highest BCUT2D eigenvalue weighted by molar-refractivity contribution is 9.10. The predicted octanol–water partition coefficient (Wildman–Crippen LogP) is 3.78. The van der Waals surface area contributed by atoms with Gasteiger partial charge in [-0.3, -0.25) is 9.88 Å². The molecule has 0 aliphatic rings. The maximum atomic E-state index is 4.39. The number of hydrogen-bond donors (Lipinski definition) is 0. The molecule has 0 bridgehead atoms. The van der Waals surface area contributed by atoms with E-state index in [-0.39, 0.29) is 0 Å². The molecule has 0 saturated heterocycles. The van der Waals surface area contributed by atoms with Crippen molar-refractivity contribution in [2.45, 2.75) is 20.0 Å². The molecular weight excluding hydrogens is 288 g/mol. The van der Waals surface area contributed by atoms with Crippen LogP contribution in [0.4, 0.5) is 0 Å². The SMILES string of the molecule is Cc1ccccc1CN(C)Cc1ccc(Br)cn1. The Balaban J connectivity index is 1.99. The van der Waals surface area contributed by atoms with E-state index in [4.69, 9.17) is 0 Å². The van der Waals surface area contributed by atoms with E-state index < -0.39 is 0 Å². The van der Waals surface area contributed by atoms with Crippen LogP contribution in [-0.2, 0) is 13.1 Å². The first-order chi connectivity index (χ1) is 8.65. The molecule has 0 spiro atoms. The average molecular weight is 305 g/mol. The first-order valence-corrected chi connectivity index (χ1v) is 6.78. The van der Waals surface area contributed by atoms with Gasteiger partial charge in [0.05, 0.1) is 5.69 Å². The number of pyridine rings is 1. The zero-order valence-corrected chi connectivity index (χ0v) is 12.3. The third-order valence-electron chi connectivity index (χ3n) is 2.92. The Morgan fingerprint density at radius 1 is 1.11 bits per heavy atom. The summed E-state index contributed by atoms with van der Waals surface area (Å²) in [6, 6.07) is 12.6. The fourth-order valence-electron chi connectivity index (χ4n) is 1.91. The van der Waals surface area contributed by atoms with Crippen LogP contribution in [0.15, 0.2) is 47.1 Å². The standard InChI is InChI=1S/C15H17BrN2/c1-12-5-3-4-6-13(12)10-18(2)11-15-8-7-14(16)9-17-15/h3-9H,10-11H2,1-2H3. The second-order valence-corrected chi connectivity index (χ2v) is 5.48. The van der Waals surface area contributed by atoms with Crippen LogP contribution in [0.3, 0.4) is 0 Å². The monoisotopic (exact) mass is 304 g/mol. The smallest absolute Gasteiger partial charge is 0.0544 e. The van der Waals surface area contributed by atoms with Crippen molar-refractivity contribution in [2.24, 2.45) is 0 Å². The predicted molar refractivity (Wildman–Crippen MR) is 78.3 cm³/mol. The molecule has 0 unspecified atom stereocenters. The molecule has 0 fully saturated rings. The Bertz CT molecular complexity index is 508. The molecule has 2 aromatic rings. The minimum atomic E-state index is 0.863. The van der Waals surface area contributed by atoms with E-state index in [9.17, 15) is 0 Å². The molecule has 0 amide bonds. The molecule has 1 aromatic carbocycles. The molecule has 0 saturated carbocycles. The molecule has 94 valence electrons. The summed E-state index contributed by atoms with van der Waals surface area (Å²) in [5.74, 6) is 0. The Morgan fingerprint density at radius 3 is 2.56 bits per heavy atom. The van der Waals surface area contributed by atoms with Gasteiger partial charge < -0.3 is 0 Å². The van der Waals surface area contributed by atoms with E-state index in [0.29, 0.717) is 0 Å². The fourth-order valence-corrected chi connectivity index (χ4v) is 2.15. The van der Waals surface area contributed by atoms with Crippen LogP contribution in [0.25, 0.3) is 0 Å². The second kappa shape index (κ2) is 6.12. The van der Waals surface area contributed by atoms with Crippen LogP contribution >= 0.6 is 15.9 Å². The first kappa shape index (κ1) is 13.2. The molecule has 0 N–H and O–H groups in total. The average Bonchev–Trinajstić information content (AvgIpc) is 2.35. The molecular formula is C15H17BrN2. The van der Waals surface area contributed by atoms with Gasteiger partial charge >= 0.3 is 0 Å². The number of benzene rings is 1. The van der Waals surface area contributed by atoms with Gasteiger partial charge in [-0.05, 0) is 53.2 Å². The number of halogens is 1. The quantitative estimate of drug-likeness (QED) is 0.854. The molecule has 0 aliphatic carbocycles. The summed E-state index contributed by atoms with van der Waals surface area (Å²) in [6.07, 6.45) is 1.84. The van der Waals surface area contributed by atoms with Crippen molar-refractivity contribution in [1.29, 1.82) is 0 Å². The summed E-state index contributed by atoms with van der Waals surface area (Å²) < 4.78 is 1.02. The fraction of sp³-hybridized carbons (Fsp3) is 0.267. The lowest BCUT2D eigenvalue weighted by Crippen LogP contribution is -2.18. The van der Waals surface area contributed by atoms with Crippen molar-refractivity contribution in [3.8, 4) is 0 Å². The van der Waals surface area contributed by atoms with Gasteiger partial charge in [0, 0.05) is 23.8 Å². The summed E-state index contributed by atoms with van der Waals surface area (Å²) >= 11 is 3.40. The minimum Gasteiger partial charge on any atom is -0.296 e. The van der Waals surface area contributed by atoms with Gasteiger partial charge in [-0.15, -0.1) is 0 Å². The third kappa shape index (κ3) is 3.65. The van der Waals surface area contributed by atoms with Crippen LogP contribution in [0.2, 0.25) is 0 Å². The number of rotatable bonds is 4. The molecule has 2 rings (SSSR count). The molecule has 0 radical (unpaired) electrons. The summed E-state index contributed by atoms with van der Waals surface area (Å²) in [4.78, 5) is 6.67. The number of hydrogen-bond acceptors (Lipinski definition) is 2. The normalized spacial score (nSPS) is 10.9. The van der Waals surface area contributed by atoms with Crippen molar-refractivity contribution < 1.29 is 0 Å². The zero-order valence-electron chi connectivity index (χ0n) is 10.7. The van der Waals surface area contributed by atoms with Gasteiger partial charge in [-0.25, -0.2) is 0 Å². The highest BCUT2D eigenvalue weighted by atomic mass is 79.9. The van der Waals surface area contributed by atoms with Crippen molar-refractivity contribution >= 4 is 15.9 Å². The van der Waals surface area contributed by atoms with Gasteiger partial charge in [0.2, 0.25) is 0 Å². The van der Waals surface area contributed by atoms with Gasteiger partial charge in [-0.1, -0.05) is 24.3 Å². The Kier molecular flexibility index (Phi) is 4.50. The molecule has 1 heterocycles. The van der Waals surface area contributed by atoms with Crippen molar-refractivity contribution in [3.05, 3.63) is 63.9 Å². The van der Waals surface area contributed by atoms with E-state index in [0.717, 1.165) is 23.3 Å². The molecule has 3 heteroatoms. The minimum absolute atomic E-state index is 0.863. The number of aryl methyl sites for hydroxylation is 1. The maximum absolute atomic E-state index is 4.39. The molecule has 2 nitrogen and oxygen atoms in total. The van der Waals surface area contributed by atoms with Crippen LogP contribution in [0.5, 0.6) is 0 Å². The highest BCUT2D eigenvalue weighted by Crippen LogP contribution is 2.12. The third-order valence-corrected chi connectivity index (χ3v) is 3.39. The van der Waals surface area contributed by atoms with E-state index in [1.54, 1.807) is 0 Å². The Labute approximate surface area is 117 Å². The van der Waals surface area contributed by atoms with Crippen molar-refractivity contribution in [3.63, 3.8) is 0 Å². The lowest BCUT2D eigenvalue weighted by molar-refractivity contribution is 0.314. The lowest BCUT2D eigenvalue weighted by Gasteiger charge is -2.17. The largest absolute Gasteiger partial charge is 0.296 e. The van der Waals surface area contributed by atoms with Gasteiger partial charge in [0.15, 0.2) is 0 Å². The van der Waals surface area contributed by atoms with Crippen molar-refractivity contribution in [2.75, 3.05) is 7.05 Å². The molecule has 0 atom stereocenters. The van der Waals surface area contributed by atoms with E-state index >= 15 is 0 Å². The van der Waals surface area contributed by atoms with Crippen molar-refractivity contribution in [1.82, 2.24) is 9.88 Å². The van der Waals surface area contributed by atoms with Gasteiger partial charge in [-0.2, -0.15) is 0 Å². The van der Waals surface area contributed by atoms with E-state index in [2.05, 4.69) is 70.1 Å². The summed E-state index contributed by atoms with van der Waals surface area (Å²) in [6.45, 7) is 3.97. The Morgan fingerprint density at radius 2 is 1.89 bits per heavy atom. The van der Waals surface area contributed by atoms with Crippen LogP contribution in [0.1, 0.15) is 16.8 Å². The number of nitrogens with zero attached hydrogens (tertiary/aromatic N) is 2. The van der Waals surface area contributed by atoms with Gasteiger partial charge in [0.1, 0.15) is 0 Å². The summed E-state index contributed by atoms with van der Waals surface area (Å²) in [5.41, 5.74) is 3.81. The summed E-state index contributed by atoms with van der Waals surface area (Å²) in [7, 11) is 2.12. The molecule has 1 aromatic heterocycles. The molecule has 18 heavy (non-hydrogen) atoms. The summed E-state index contributed by atoms with van der Waals surface area (Å²) in [5, 5.41) is 0. The zero-order chi connectivity index (χ0) is 13.0. The van der Waals surface area contributed by atoms with Crippen LogP contribution in [-0.4, -0.2) is 16.9 Å². The van der Waals surface area contributed by atoms with Crippen LogP contribution < -0.4 is 0 Å². The topological polar surface area (TPSA) is 16.1 Å². The highest BCUT2D eigenvalue weighted by Gasteiger charge is 2.04. The maximum Gasteiger partial charge on any atom is 0.0544 e. The molecule has 0 aliphatic heterocycles. The Hall–Kier alpha value is -1.19. The van der Waals surface area contributed by atoms with E-state index in [1.807, 2.05) is 12.3 Å². The second-order valence-electron chi connectivity index (χ2n) is 4.57. The number of aromatic nitrogens is 1. The van der Waals surface area contributed by atoms with E-state index in [1.165, 1.54) is 11.1 Å². The van der Waals surface area contributed by atoms with Gasteiger partial charge in [0.25, 0.3) is 0 Å².